The third-order valence-corrected chi connectivity index (χ3v) is 4.67. The molecule has 4 heteroatoms. The number of nitrogens with one attached hydrogen (secondary N) is 1. The lowest BCUT2D eigenvalue weighted by molar-refractivity contribution is 0.0880. The molecule has 1 aromatic carbocycles. The first kappa shape index (κ1) is 15.8. The molecule has 0 radical (unpaired) electrons. The molecule has 0 saturated carbocycles. The van der Waals surface area contributed by atoms with Crippen LogP contribution in [0, 0.1) is 6.92 Å². The van der Waals surface area contributed by atoms with E-state index >= 15 is 0 Å². The number of piperazine rings is 1. The molecule has 20 heavy (non-hydrogen) atoms. The summed E-state index contributed by atoms with van der Waals surface area (Å²) in [5, 5.41) is 4.50. The fraction of sp³-hybridized carbons (Fsp3) is 0.625. The van der Waals surface area contributed by atoms with E-state index in [4.69, 9.17) is 11.6 Å². The number of nitrogens with zero attached hydrogens (tertiary/aromatic N) is 2. The van der Waals surface area contributed by atoms with Gasteiger partial charge in [0.15, 0.2) is 0 Å². The second-order valence-electron chi connectivity index (χ2n) is 5.85. The highest BCUT2D eigenvalue weighted by Crippen LogP contribution is 2.27. The smallest absolute Gasteiger partial charge is 0.0491 e. The normalized spacial score (nSPS) is 22.9. The molecular formula is C16H26ClN3. The van der Waals surface area contributed by atoms with Gasteiger partial charge in [0.25, 0.3) is 0 Å². The maximum atomic E-state index is 6.31. The minimum Gasteiger partial charge on any atom is -0.309 e. The molecule has 2 unspecified atom stereocenters. The number of rotatable bonds is 4. The molecule has 0 aliphatic carbocycles. The average molecular weight is 296 g/mol. The van der Waals surface area contributed by atoms with E-state index in [-0.39, 0.29) is 0 Å². The van der Waals surface area contributed by atoms with Crippen LogP contribution < -0.4 is 5.32 Å². The maximum absolute atomic E-state index is 6.31. The van der Waals surface area contributed by atoms with Crippen LogP contribution >= 0.6 is 11.6 Å². The summed E-state index contributed by atoms with van der Waals surface area (Å²) in [5.74, 6) is 0. The molecule has 0 bridgehead atoms. The highest BCUT2D eigenvalue weighted by Gasteiger charge is 2.30. The molecule has 1 aliphatic rings. The van der Waals surface area contributed by atoms with Crippen molar-refractivity contribution in [2.75, 3.05) is 40.3 Å². The van der Waals surface area contributed by atoms with Crippen LogP contribution in [0.15, 0.2) is 18.2 Å². The van der Waals surface area contributed by atoms with Crippen molar-refractivity contribution in [2.24, 2.45) is 0 Å². The molecule has 1 aliphatic heterocycles. The van der Waals surface area contributed by atoms with Gasteiger partial charge in [-0.25, -0.2) is 0 Å². The molecule has 1 aromatic rings. The third-order valence-electron chi connectivity index (χ3n) is 4.26. The monoisotopic (exact) mass is 295 g/mol. The fourth-order valence-electron chi connectivity index (χ4n) is 2.90. The minimum atomic E-state index is 0.325. The van der Waals surface area contributed by atoms with Crippen molar-refractivity contribution in [2.45, 2.75) is 25.9 Å². The summed E-state index contributed by atoms with van der Waals surface area (Å²) in [4.78, 5) is 4.87. The van der Waals surface area contributed by atoms with Gasteiger partial charge >= 0.3 is 0 Å². The average Bonchev–Trinajstić information content (AvgIpc) is 2.42. The van der Waals surface area contributed by atoms with Gasteiger partial charge in [0.2, 0.25) is 0 Å². The second kappa shape index (κ2) is 6.90. The Balaban J connectivity index is 2.27. The summed E-state index contributed by atoms with van der Waals surface area (Å²) in [6.07, 6.45) is 0. The van der Waals surface area contributed by atoms with Gasteiger partial charge in [-0.2, -0.15) is 0 Å². The fourth-order valence-corrected chi connectivity index (χ4v) is 3.09. The van der Waals surface area contributed by atoms with Crippen LogP contribution in [0.25, 0.3) is 0 Å². The summed E-state index contributed by atoms with van der Waals surface area (Å²) >= 11 is 6.31. The van der Waals surface area contributed by atoms with E-state index in [0.717, 1.165) is 36.8 Å². The van der Waals surface area contributed by atoms with Crippen molar-refractivity contribution in [3.05, 3.63) is 34.3 Å². The van der Waals surface area contributed by atoms with E-state index in [9.17, 15) is 0 Å². The standard InChI is InChI=1S/C16H26ClN3/c1-5-18-16(13-7-6-12(2)14(17)10-13)15-11-19(3)8-9-20(15)4/h6-7,10,15-16,18H,5,8-9,11H2,1-4H3. The molecule has 112 valence electrons. The molecule has 3 nitrogen and oxygen atoms in total. The Kier molecular flexibility index (Phi) is 5.44. The molecule has 0 amide bonds. The molecule has 2 atom stereocenters. The maximum Gasteiger partial charge on any atom is 0.0491 e. The first-order chi connectivity index (χ1) is 9.52. The quantitative estimate of drug-likeness (QED) is 0.921. The van der Waals surface area contributed by atoms with Gasteiger partial charge in [-0.05, 0) is 44.8 Å². The van der Waals surface area contributed by atoms with Gasteiger partial charge in [0.1, 0.15) is 0 Å². The topological polar surface area (TPSA) is 18.5 Å². The van der Waals surface area contributed by atoms with E-state index < -0.39 is 0 Å². The Labute approximate surface area is 127 Å². The summed E-state index contributed by atoms with van der Waals surface area (Å²) in [6.45, 7) is 8.51. The highest BCUT2D eigenvalue weighted by atomic mass is 35.5. The van der Waals surface area contributed by atoms with Crippen LogP contribution in [0.2, 0.25) is 5.02 Å². The zero-order valence-corrected chi connectivity index (χ0v) is 13.7. The SMILES string of the molecule is CCNC(c1ccc(C)c(Cl)c1)C1CN(C)CCN1C. The number of likely N-dealkylation sites (N-methyl/N-ethyl adjacent to an activating group) is 3. The Morgan fingerprint density at radius 2 is 2.10 bits per heavy atom. The summed E-state index contributed by atoms with van der Waals surface area (Å²) in [7, 11) is 4.42. The molecule has 0 aromatic heterocycles. The van der Waals surface area contributed by atoms with E-state index in [0.29, 0.717) is 12.1 Å². The van der Waals surface area contributed by atoms with Crippen molar-refractivity contribution in [1.82, 2.24) is 15.1 Å². The lowest BCUT2D eigenvalue weighted by atomic mass is 9.95. The first-order valence-corrected chi connectivity index (χ1v) is 7.79. The summed E-state index contributed by atoms with van der Waals surface area (Å²) in [6, 6.07) is 7.25. The van der Waals surface area contributed by atoms with Crippen molar-refractivity contribution in [1.29, 1.82) is 0 Å². The van der Waals surface area contributed by atoms with Crippen molar-refractivity contribution in [3.63, 3.8) is 0 Å². The Morgan fingerprint density at radius 1 is 1.35 bits per heavy atom. The predicted molar refractivity (Wildman–Crippen MR) is 86.5 cm³/mol. The third kappa shape index (κ3) is 3.53. The Bertz CT molecular complexity index is 449. The predicted octanol–water partition coefficient (Wildman–Crippen LogP) is 2.54. The van der Waals surface area contributed by atoms with Crippen LogP contribution in [-0.4, -0.2) is 56.1 Å². The number of aryl methyl sites for hydroxylation is 1. The Morgan fingerprint density at radius 3 is 2.75 bits per heavy atom. The summed E-state index contributed by atoms with van der Waals surface area (Å²) < 4.78 is 0. The Hall–Kier alpha value is -0.610. The second-order valence-corrected chi connectivity index (χ2v) is 6.26. The van der Waals surface area contributed by atoms with Crippen LogP contribution in [0.1, 0.15) is 24.1 Å². The van der Waals surface area contributed by atoms with Crippen LogP contribution in [0.3, 0.4) is 0 Å². The lowest BCUT2D eigenvalue weighted by Crippen LogP contribution is -2.55. The molecule has 1 saturated heterocycles. The van der Waals surface area contributed by atoms with Gasteiger partial charge in [-0.15, -0.1) is 0 Å². The van der Waals surface area contributed by atoms with Crippen LogP contribution in [0.5, 0.6) is 0 Å². The zero-order chi connectivity index (χ0) is 14.7. The van der Waals surface area contributed by atoms with Gasteiger partial charge in [0, 0.05) is 36.7 Å². The van der Waals surface area contributed by atoms with Gasteiger partial charge in [-0.3, -0.25) is 4.90 Å². The van der Waals surface area contributed by atoms with E-state index in [1.54, 1.807) is 0 Å². The van der Waals surface area contributed by atoms with E-state index in [1.807, 2.05) is 0 Å². The molecule has 1 N–H and O–H groups in total. The molecule has 1 fully saturated rings. The van der Waals surface area contributed by atoms with Gasteiger partial charge < -0.3 is 10.2 Å². The van der Waals surface area contributed by atoms with E-state index in [1.165, 1.54) is 5.56 Å². The van der Waals surface area contributed by atoms with Crippen molar-refractivity contribution < 1.29 is 0 Å². The van der Waals surface area contributed by atoms with Crippen LogP contribution in [0.4, 0.5) is 0 Å². The number of hydrogen-bond donors (Lipinski definition) is 1. The van der Waals surface area contributed by atoms with E-state index in [2.05, 4.69) is 61.3 Å². The molecule has 1 heterocycles. The molecule has 2 rings (SSSR count). The lowest BCUT2D eigenvalue weighted by Gasteiger charge is -2.42. The van der Waals surface area contributed by atoms with Gasteiger partial charge in [-0.1, -0.05) is 30.7 Å². The number of benzene rings is 1. The number of halogens is 1. The zero-order valence-electron chi connectivity index (χ0n) is 13.0. The number of hydrogen-bond acceptors (Lipinski definition) is 3. The first-order valence-electron chi connectivity index (χ1n) is 7.41. The molecule has 0 spiro atoms. The van der Waals surface area contributed by atoms with Gasteiger partial charge in [0.05, 0.1) is 0 Å². The highest BCUT2D eigenvalue weighted by molar-refractivity contribution is 6.31. The molecular weight excluding hydrogens is 270 g/mol. The summed E-state index contributed by atoms with van der Waals surface area (Å²) in [5.41, 5.74) is 2.43. The van der Waals surface area contributed by atoms with Crippen LogP contribution in [-0.2, 0) is 0 Å². The van der Waals surface area contributed by atoms with Crippen molar-refractivity contribution >= 4 is 11.6 Å². The largest absolute Gasteiger partial charge is 0.309 e. The minimum absolute atomic E-state index is 0.325. The van der Waals surface area contributed by atoms with Crippen molar-refractivity contribution in [3.8, 4) is 0 Å².